The Morgan fingerprint density at radius 3 is 2.79 bits per heavy atom. The van der Waals surface area contributed by atoms with Crippen molar-refractivity contribution >= 4 is 5.78 Å². The quantitative estimate of drug-likeness (QED) is 0.705. The van der Waals surface area contributed by atoms with E-state index >= 15 is 0 Å². The van der Waals surface area contributed by atoms with Gasteiger partial charge in [0.05, 0.1) is 12.6 Å². The molecule has 0 aromatic heterocycles. The number of aliphatic hydroxyl groups excluding tert-OH is 1. The lowest BCUT2D eigenvalue weighted by Crippen LogP contribution is -2.20. The monoisotopic (exact) mass is 193 g/mol. The van der Waals surface area contributed by atoms with Gasteiger partial charge in [0.25, 0.3) is 0 Å². The van der Waals surface area contributed by atoms with Crippen molar-refractivity contribution in [2.75, 3.05) is 13.7 Å². The van der Waals surface area contributed by atoms with Crippen molar-refractivity contribution in [2.45, 2.75) is 13.0 Å². The van der Waals surface area contributed by atoms with Gasteiger partial charge in [-0.25, -0.2) is 0 Å². The minimum Gasteiger partial charge on any atom is -0.394 e. The Labute approximate surface area is 83.8 Å². The molecule has 0 aliphatic carbocycles. The number of ketones is 1. The van der Waals surface area contributed by atoms with E-state index in [1.807, 2.05) is 12.1 Å². The van der Waals surface area contributed by atoms with Gasteiger partial charge in [0, 0.05) is 5.56 Å². The number of hydrogen-bond acceptors (Lipinski definition) is 3. The second kappa shape index (κ2) is 4.88. The van der Waals surface area contributed by atoms with E-state index in [0.29, 0.717) is 5.56 Å². The Morgan fingerprint density at radius 1 is 1.57 bits per heavy atom. The molecule has 14 heavy (non-hydrogen) atoms. The molecule has 0 saturated carbocycles. The van der Waals surface area contributed by atoms with Gasteiger partial charge in [0.1, 0.15) is 0 Å². The molecule has 3 nitrogen and oxygen atoms in total. The predicted octanol–water partition coefficient (Wildman–Crippen LogP) is 1.14. The molecule has 1 aromatic rings. The van der Waals surface area contributed by atoms with Crippen molar-refractivity contribution in [3.8, 4) is 0 Å². The van der Waals surface area contributed by atoms with E-state index in [9.17, 15) is 4.79 Å². The maximum Gasteiger partial charge on any atom is 0.159 e. The third-order valence-electron chi connectivity index (χ3n) is 2.23. The van der Waals surface area contributed by atoms with Crippen LogP contribution in [0, 0.1) is 0 Å². The van der Waals surface area contributed by atoms with Crippen LogP contribution >= 0.6 is 0 Å². The molecule has 0 unspecified atom stereocenters. The third kappa shape index (κ3) is 2.40. The highest BCUT2D eigenvalue weighted by molar-refractivity contribution is 5.94. The lowest BCUT2D eigenvalue weighted by atomic mass is 10.0. The van der Waals surface area contributed by atoms with Crippen molar-refractivity contribution in [3.63, 3.8) is 0 Å². The first-order chi connectivity index (χ1) is 6.69. The van der Waals surface area contributed by atoms with Gasteiger partial charge in [-0.15, -0.1) is 0 Å². The van der Waals surface area contributed by atoms with Crippen molar-refractivity contribution < 1.29 is 9.90 Å². The molecule has 1 atom stereocenters. The summed E-state index contributed by atoms with van der Waals surface area (Å²) in [6, 6.07) is 7.19. The zero-order chi connectivity index (χ0) is 10.6. The minimum atomic E-state index is -0.103. The predicted molar refractivity (Wildman–Crippen MR) is 55.3 cm³/mol. The fourth-order valence-electron chi connectivity index (χ4n) is 1.34. The lowest BCUT2D eigenvalue weighted by Gasteiger charge is -2.13. The van der Waals surface area contributed by atoms with Gasteiger partial charge in [-0.3, -0.25) is 4.79 Å². The topological polar surface area (TPSA) is 49.3 Å². The average Bonchev–Trinajstić information content (AvgIpc) is 2.20. The lowest BCUT2D eigenvalue weighted by molar-refractivity contribution is 0.101. The second-order valence-corrected chi connectivity index (χ2v) is 3.21. The summed E-state index contributed by atoms with van der Waals surface area (Å²) in [6.45, 7) is 1.56. The Bertz CT molecular complexity index is 319. The first-order valence-electron chi connectivity index (χ1n) is 4.58. The Morgan fingerprint density at radius 2 is 2.29 bits per heavy atom. The second-order valence-electron chi connectivity index (χ2n) is 3.21. The molecule has 0 aliphatic heterocycles. The van der Waals surface area contributed by atoms with E-state index in [2.05, 4.69) is 5.32 Å². The van der Waals surface area contributed by atoms with Gasteiger partial charge in [-0.05, 0) is 25.6 Å². The normalized spacial score (nSPS) is 12.5. The van der Waals surface area contributed by atoms with Crippen LogP contribution < -0.4 is 5.32 Å². The number of nitrogens with one attached hydrogen (secondary N) is 1. The molecule has 76 valence electrons. The van der Waals surface area contributed by atoms with Crippen LogP contribution in [0.2, 0.25) is 0 Å². The zero-order valence-corrected chi connectivity index (χ0v) is 8.45. The Balaban J connectivity index is 2.98. The maximum atomic E-state index is 11.1. The maximum absolute atomic E-state index is 11.1. The standard InChI is InChI=1S/C11H15NO2/c1-8(14)9-4-3-5-10(6-9)11(7-13)12-2/h3-6,11-13H,7H2,1-2H3/t11-/m1/s1. The van der Waals surface area contributed by atoms with Gasteiger partial charge >= 0.3 is 0 Å². The molecular weight excluding hydrogens is 178 g/mol. The van der Waals surface area contributed by atoms with Crippen LogP contribution in [-0.2, 0) is 0 Å². The summed E-state index contributed by atoms with van der Waals surface area (Å²) < 4.78 is 0. The zero-order valence-electron chi connectivity index (χ0n) is 8.45. The van der Waals surface area contributed by atoms with Gasteiger partial charge < -0.3 is 10.4 Å². The molecule has 1 aromatic carbocycles. The van der Waals surface area contributed by atoms with Crippen LogP contribution in [-0.4, -0.2) is 24.5 Å². The summed E-state index contributed by atoms with van der Waals surface area (Å²) in [5, 5.41) is 12.0. The van der Waals surface area contributed by atoms with E-state index in [4.69, 9.17) is 5.11 Å². The van der Waals surface area contributed by atoms with Crippen molar-refractivity contribution in [1.82, 2.24) is 5.32 Å². The molecule has 0 bridgehead atoms. The number of aliphatic hydroxyl groups is 1. The molecule has 1 rings (SSSR count). The minimum absolute atomic E-state index is 0.0257. The highest BCUT2D eigenvalue weighted by Crippen LogP contribution is 2.14. The number of carbonyl (C=O) groups excluding carboxylic acids is 1. The number of hydrogen-bond donors (Lipinski definition) is 2. The van der Waals surface area contributed by atoms with Crippen LogP contribution in [0.1, 0.15) is 28.9 Å². The molecule has 0 radical (unpaired) electrons. The van der Waals surface area contributed by atoms with Crippen molar-refractivity contribution in [1.29, 1.82) is 0 Å². The first kappa shape index (κ1) is 10.9. The van der Waals surface area contributed by atoms with E-state index in [0.717, 1.165) is 5.56 Å². The van der Waals surface area contributed by atoms with Crippen LogP contribution in [0.5, 0.6) is 0 Å². The van der Waals surface area contributed by atoms with Crippen LogP contribution in [0.15, 0.2) is 24.3 Å². The largest absolute Gasteiger partial charge is 0.394 e. The van der Waals surface area contributed by atoms with Crippen LogP contribution in [0.3, 0.4) is 0 Å². The number of likely N-dealkylation sites (N-methyl/N-ethyl adjacent to an activating group) is 1. The molecule has 3 heteroatoms. The molecule has 0 amide bonds. The van der Waals surface area contributed by atoms with Gasteiger partial charge in [-0.2, -0.15) is 0 Å². The van der Waals surface area contributed by atoms with Crippen LogP contribution in [0.25, 0.3) is 0 Å². The number of benzene rings is 1. The summed E-state index contributed by atoms with van der Waals surface area (Å²) >= 11 is 0. The summed E-state index contributed by atoms with van der Waals surface area (Å²) in [5.74, 6) is 0.0413. The molecule has 0 spiro atoms. The fraction of sp³-hybridized carbons (Fsp3) is 0.364. The van der Waals surface area contributed by atoms with E-state index in [1.54, 1.807) is 19.2 Å². The summed E-state index contributed by atoms with van der Waals surface area (Å²) in [7, 11) is 1.78. The van der Waals surface area contributed by atoms with E-state index in [-0.39, 0.29) is 18.4 Å². The smallest absolute Gasteiger partial charge is 0.159 e. The number of Topliss-reactive ketones (excluding diaryl/α,β-unsaturated/α-hetero) is 1. The number of rotatable bonds is 4. The average molecular weight is 193 g/mol. The molecule has 0 heterocycles. The summed E-state index contributed by atoms with van der Waals surface area (Å²) in [5.41, 5.74) is 1.61. The molecular formula is C11H15NO2. The molecule has 0 aliphatic rings. The SMILES string of the molecule is CN[C@H](CO)c1cccc(C(C)=O)c1. The Kier molecular flexibility index (Phi) is 3.80. The van der Waals surface area contributed by atoms with E-state index < -0.39 is 0 Å². The van der Waals surface area contributed by atoms with Gasteiger partial charge in [0.15, 0.2) is 5.78 Å². The third-order valence-corrected chi connectivity index (χ3v) is 2.23. The van der Waals surface area contributed by atoms with Gasteiger partial charge in [-0.1, -0.05) is 18.2 Å². The van der Waals surface area contributed by atoms with Crippen LogP contribution in [0.4, 0.5) is 0 Å². The highest BCUT2D eigenvalue weighted by Gasteiger charge is 2.08. The summed E-state index contributed by atoms with van der Waals surface area (Å²) in [6.07, 6.45) is 0. The van der Waals surface area contributed by atoms with Crippen molar-refractivity contribution in [2.24, 2.45) is 0 Å². The van der Waals surface area contributed by atoms with E-state index in [1.165, 1.54) is 6.92 Å². The fourth-order valence-corrected chi connectivity index (χ4v) is 1.34. The highest BCUT2D eigenvalue weighted by atomic mass is 16.3. The first-order valence-corrected chi connectivity index (χ1v) is 4.58. The summed E-state index contributed by atoms with van der Waals surface area (Å²) in [4.78, 5) is 11.1. The number of carbonyl (C=O) groups is 1. The molecule has 0 saturated heterocycles. The van der Waals surface area contributed by atoms with Gasteiger partial charge in [0.2, 0.25) is 0 Å². The van der Waals surface area contributed by atoms with Crippen molar-refractivity contribution in [3.05, 3.63) is 35.4 Å². The molecule has 0 fully saturated rings. The molecule has 2 N–H and O–H groups in total. The Hall–Kier alpha value is -1.19.